The molecule has 2 rings (SSSR count). The van der Waals surface area contributed by atoms with Gasteiger partial charge in [-0.05, 0) is 12.0 Å². The van der Waals surface area contributed by atoms with Crippen LogP contribution in [0.1, 0.15) is 13.8 Å². The molecule has 74 valence electrons. The van der Waals surface area contributed by atoms with Gasteiger partial charge in [-0.3, -0.25) is 0 Å². The summed E-state index contributed by atoms with van der Waals surface area (Å²) in [4.78, 5) is 8.52. The molecule has 4 nitrogen and oxygen atoms in total. The van der Waals surface area contributed by atoms with Crippen molar-refractivity contribution < 1.29 is 0 Å². The molecule has 2 aromatic rings. The molecule has 2 N–H and O–H groups in total. The van der Waals surface area contributed by atoms with Crippen LogP contribution in [0.15, 0.2) is 18.6 Å². The SMILES string of the molecule is CC(C)Cn1cnc2c(N)ccnc21. The lowest BCUT2D eigenvalue weighted by molar-refractivity contribution is 0.530. The summed E-state index contributed by atoms with van der Waals surface area (Å²) in [5.74, 6) is 0.579. The van der Waals surface area contributed by atoms with Crippen LogP contribution < -0.4 is 5.73 Å². The van der Waals surface area contributed by atoms with Gasteiger partial charge in [0.1, 0.15) is 5.52 Å². The van der Waals surface area contributed by atoms with E-state index in [1.807, 2.05) is 4.57 Å². The van der Waals surface area contributed by atoms with Gasteiger partial charge in [-0.15, -0.1) is 0 Å². The van der Waals surface area contributed by atoms with Gasteiger partial charge in [-0.2, -0.15) is 0 Å². The van der Waals surface area contributed by atoms with E-state index in [9.17, 15) is 0 Å². The van der Waals surface area contributed by atoms with Crippen molar-refractivity contribution in [1.82, 2.24) is 14.5 Å². The fourth-order valence-electron chi connectivity index (χ4n) is 1.51. The van der Waals surface area contributed by atoms with Gasteiger partial charge in [0.15, 0.2) is 5.65 Å². The Hall–Kier alpha value is -1.58. The van der Waals surface area contributed by atoms with Crippen molar-refractivity contribution >= 4 is 16.9 Å². The normalized spacial score (nSPS) is 11.4. The van der Waals surface area contributed by atoms with E-state index in [1.54, 1.807) is 18.6 Å². The molecule has 0 saturated carbocycles. The number of hydrogen-bond acceptors (Lipinski definition) is 3. The number of hydrogen-bond donors (Lipinski definition) is 1. The van der Waals surface area contributed by atoms with E-state index in [1.165, 1.54) is 0 Å². The number of anilines is 1. The maximum atomic E-state index is 5.78. The van der Waals surface area contributed by atoms with Crippen LogP contribution in [0.4, 0.5) is 5.69 Å². The second-order valence-corrected chi connectivity index (χ2v) is 3.86. The third kappa shape index (κ3) is 1.43. The molecule has 0 unspecified atom stereocenters. The van der Waals surface area contributed by atoms with Gasteiger partial charge in [0, 0.05) is 12.7 Å². The molecule has 2 aromatic heterocycles. The van der Waals surface area contributed by atoms with Gasteiger partial charge in [0.2, 0.25) is 0 Å². The third-order valence-electron chi connectivity index (χ3n) is 2.10. The van der Waals surface area contributed by atoms with E-state index >= 15 is 0 Å². The summed E-state index contributed by atoms with van der Waals surface area (Å²) in [6, 6.07) is 1.77. The highest BCUT2D eigenvalue weighted by molar-refractivity contribution is 5.83. The molecule has 0 bridgehead atoms. The van der Waals surface area contributed by atoms with Crippen molar-refractivity contribution in [3.8, 4) is 0 Å². The first-order chi connectivity index (χ1) is 6.68. The Morgan fingerprint density at radius 2 is 2.21 bits per heavy atom. The Bertz CT molecular complexity index is 444. The van der Waals surface area contributed by atoms with E-state index < -0.39 is 0 Å². The van der Waals surface area contributed by atoms with Gasteiger partial charge in [0.05, 0.1) is 12.0 Å². The first-order valence-electron chi connectivity index (χ1n) is 4.74. The second kappa shape index (κ2) is 3.29. The summed E-state index contributed by atoms with van der Waals surface area (Å²) in [6.45, 7) is 5.25. The van der Waals surface area contributed by atoms with Crippen LogP contribution in [0.2, 0.25) is 0 Å². The summed E-state index contributed by atoms with van der Waals surface area (Å²) in [5.41, 5.74) is 8.15. The molecule has 0 saturated heterocycles. The molecule has 0 spiro atoms. The van der Waals surface area contributed by atoms with Crippen molar-refractivity contribution in [1.29, 1.82) is 0 Å². The largest absolute Gasteiger partial charge is 0.397 e. The lowest BCUT2D eigenvalue weighted by Gasteiger charge is -2.05. The van der Waals surface area contributed by atoms with Crippen molar-refractivity contribution in [2.24, 2.45) is 5.92 Å². The van der Waals surface area contributed by atoms with Crippen LogP contribution in [0, 0.1) is 5.92 Å². The molecule has 4 heteroatoms. The van der Waals surface area contributed by atoms with Gasteiger partial charge < -0.3 is 10.3 Å². The molecule has 0 aliphatic heterocycles. The predicted molar refractivity (Wildman–Crippen MR) is 56.8 cm³/mol. The summed E-state index contributed by atoms with van der Waals surface area (Å²) < 4.78 is 2.04. The maximum absolute atomic E-state index is 5.78. The molecule has 0 aliphatic rings. The third-order valence-corrected chi connectivity index (χ3v) is 2.10. The molecular weight excluding hydrogens is 176 g/mol. The molecule has 0 fully saturated rings. The van der Waals surface area contributed by atoms with E-state index in [0.717, 1.165) is 17.7 Å². The lowest BCUT2D eigenvalue weighted by Crippen LogP contribution is -2.03. The van der Waals surface area contributed by atoms with Gasteiger partial charge >= 0.3 is 0 Å². The van der Waals surface area contributed by atoms with E-state index in [-0.39, 0.29) is 0 Å². The molecule has 0 amide bonds. The number of nitrogens with two attached hydrogens (primary N) is 1. The number of imidazole rings is 1. The maximum Gasteiger partial charge on any atom is 0.161 e. The first kappa shape index (κ1) is 8.99. The first-order valence-corrected chi connectivity index (χ1v) is 4.74. The van der Waals surface area contributed by atoms with Crippen LogP contribution in [-0.2, 0) is 6.54 Å². The monoisotopic (exact) mass is 190 g/mol. The summed E-state index contributed by atoms with van der Waals surface area (Å²) in [6.07, 6.45) is 3.52. The topological polar surface area (TPSA) is 56.7 Å². The summed E-state index contributed by atoms with van der Waals surface area (Å²) in [7, 11) is 0. The van der Waals surface area contributed by atoms with Crippen LogP contribution in [0.5, 0.6) is 0 Å². The fraction of sp³-hybridized carbons (Fsp3) is 0.400. The zero-order valence-corrected chi connectivity index (χ0v) is 8.44. The average molecular weight is 190 g/mol. The highest BCUT2D eigenvalue weighted by atomic mass is 15.1. The zero-order chi connectivity index (χ0) is 10.1. The number of aromatic nitrogens is 3. The molecular formula is C10H14N4. The Morgan fingerprint density at radius 3 is 2.93 bits per heavy atom. The zero-order valence-electron chi connectivity index (χ0n) is 8.44. The quantitative estimate of drug-likeness (QED) is 0.783. The molecule has 14 heavy (non-hydrogen) atoms. The Balaban J connectivity index is 2.52. The summed E-state index contributed by atoms with van der Waals surface area (Å²) in [5, 5.41) is 0. The Labute approximate surface area is 82.8 Å². The van der Waals surface area contributed by atoms with Crippen molar-refractivity contribution in [3.05, 3.63) is 18.6 Å². The predicted octanol–water partition coefficient (Wildman–Crippen LogP) is 1.67. The van der Waals surface area contributed by atoms with E-state index in [0.29, 0.717) is 11.6 Å². The minimum Gasteiger partial charge on any atom is -0.397 e. The minimum atomic E-state index is 0.579. The van der Waals surface area contributed by atoms with Crippen LogP contribution >= 0.6 is 0 Å². The van der Waals surface area contributed by atoms with E-state index in [4.69, 9.17) is 5.73 Å². The number of rotatable bonds is 2. The van der Waals surface area contributed by atoms with Crippen LogP contribution in [0.25, 0.3) is 11.2 Å². The number of nitrogen functional groups attached to an aromatic ring is 1. The number of fused-ring (bicyclic) bond motifs is 1. The minimum absolute atomic E-state index is 0.579. The molecule has 0 aliphatic carbocycles. The van der Waals surface area contributed by atoms with Gasteiger partial charge in [0.25, 0.3) is 0 Å². The highest BCUT2D eigenvalue weighted by Gasteiger charge is 2.06. The van der Waals surface area contributed by atoms with E-state index in [2.05, 4.69) is 23.8 Å². The standard InChI is InChI=1S/C10H14N4/c1-7(2)5-14-6-13-9-8(11)3-4-12-10(9)14/h3-4,6-7H,5H2,1-2H3,(H2,11,12). The van der Waals surface area contributed by atoms with Crippen molar-refractivity contribution in [2.45, 2.75) is 20.4 Å². The van der Waals surface area contributed by atoms with Gasteiger partial charge in [-0.1, -0.05) is 13.8 Å². The molecule has 0 radical (unpaired) electrons. The highest BCUT2D eigenvalue weighted by Crippen LogP contribution is 2.17. The smallest absolute Gasteiger partial charge is 0.161 e. The van der Waals surface area contributed by atoms with Gasteiger partial charge in [-0.25, -0.2) is 9.97 Å². The molecule has 0 aromatic carbocycles. The molecule has 0 atom stereocenters. The number of pyridine rings is 1. The summed E-state index contributed by atoms with van der Waals surface area (Å²) >= 11 is 0. The fourth-order valence-corrected chi connectivity index (χ4v) is 1.51. The van der Waals surface area contributed by atoms with Crippen molar-refractivity contribution in [2.75, 3.05) is 5.73 Å². The lowest BCUT2D eigenvalue weighted by atomic mass is 10.2. The van der Waals surface area contributed by atoms with Crippen molar-refractivity contribution in [3.63, 3.8) is 0 Å². The second-order valence-electron chi connectivity index (χ2n) is 3.86. The Kier molecular flexibility index (Phi) is 2.11. The van der Waals surface area contributed by atoms with Crippen LogP contribution in [0.3, 0.4) is 0 Å². The number of nitrogens with zero attached hydrogens (tertiary/aromatic N) is 3. The average Bonchev–Trinajstić information content (AvgIpc) is 2.49. The van der Waals surface area contributed by atoms with Crippen LogP contribution in [-0.4, -0.2) is 14.5 Å². The Morgan fingerprint density at radius 1 is 1.43 bits per heavy atom. The molecule has 2 heterocycles.